The minimum Gasteiger partial charge on any atom is -0.361 e. The van der Waals surface area contributed by atoms with E-state index in [0.29, 0.717) is 16.2 Å². The average molecular weight is 1000 g/mol. The van der Waals surface area contributed by atoms with Crippen molar-refractivity contribution in [2.45, 2.75) is 206 Å². The first kappa shape index (κ1) is 64.6. The van der Waals surface area contributed by atoms with Gasteiger partial charge in [-0.25, -0.2) is 14.8 Å². The number of aromatic amines is 1. The number of carbonyl (C=O) groups excluding carboxylic acids is 1. The maximum Gasteiger partial charge on any atom is 0.317 e. The molecule has 8 nitrogen and oxygen atoms in total. The molecule has 0 radical (unpaired) electrons. The molecule has 2 aliphatic heterocycles. The number of benzene rings is 2. The van der Waals surface area contributed by atoms with Crippen LogP contribution in [0.1, 0.15) is 206 Å². The summed E-state index contributed by atoms with van der Waals surface area (Å²) in [6.07, 6.45) is 20.3. The fraction of sp³-hybridized carbons (Fsp3) is 0.631. The van der Waals surface area contributed by atoms with Gasteiger partial charge in [-0.3, -0.25) is 9.88 Å². The fourth-order valence-corrected chi connectivity index (χ4v) is 8.57. The summed E-state index contributed by atoms with van der Waals surface area (Å²) in [5.41, 5.74) is 7.38. The number of fused-ring (bicyclic) bond motifs is 1. The summed E-state index contributed by atoms with van der Waals surface area (Å²) >= 11 is 0. The number of carbonyl (C=O) groups is 1. The van der Waals surface area contributed by atoms with E-state index in [-0.39, 0.29) is 29.7 Å². The third kappa shape index (κ3) is 28.1. The van der Waals surface area contributed by atoms with Gasteiger partial charge in [0.2, 0.25) is 0 Å². The molecule has 1 saturated carbocycles. The van der Waals surface area contributed by atoms with Gasteiger partial charge in [-0.2, -0.15) is 0 Å². The van der Waals surface area contributed by atoms with Gasteiger partial charge < -0.3 is 15.2 Å². The van der Waals surface area contributed by atoms with E-state index in [4.69, 9.17) is 0 Å². The van der Waals surface area contributed by atoms with Gasteiger partial charge in [0.1, 0.15) is 5.82 Å². The molecule has 0 unspecified atom stereocenters. The summed E-state index contributed by atoms with van der Waals surface area (Å²) < 4.78 is 0. The number of nitrogens with zero attached hydrogens (tertiary/aromatic N) is 5. The van der Waals surface area contributed by atoms with Crippen molar-refractivity contribution in [1.82, 2.24) is 35.1 Å². The molecule has 2 N–H and O–H groups in total. The quantitative estimate of drug-likeness (QED) is 0.170. The van der Waals surface area contributed by atoms with E-state index in [0.717, 1.165) is 50.3 Å². The lowest BCUT2D eigenvalue weighted by molar-refractivity contribution is 0.162. The van der Waals surface area contributed by atoms with E-state index in [1.165, 1.54) is 85.6 Å². The first-order valence-corrected chi connectivity index (χ1v) is 27.4. The van der Waals surface area contributed by atoms with E-state index < -0.39 is 0 Å². The summed E-state index contributed by atoms with van der Waals surface area (Å²) in [7, 11) is 0. The Balaban J connectivity index is 0.000000306. The Morgan fingerprint density at radius 1 is 0.575 bits per heavy atom. The monoisotopic (exact) mass is 1000 g/mol. The van der Waals surface area contributed by atoms with Crippen LogP contribution in [0, 0.1) is 28.1 Å². The van der Waals surface area contributed by atoms with Crippen LogP contribution >= 0.6 is 0 Å². The highest BCUT2D eigenvalue weighted by molar-refractivity contribution is 5.83. The number of hydrogen-bond acceptors (Lipinski definition) is 5. The molecular formula is C65H107N7O. The Labute approximate surface area is 448 Å². The molecule has 3 fully saturated rings. The molecule has 5 heterocycles. The summed E-state index contributed by atoms with van der Waals surface area (Å²) in [4.78, 5) is 31.1. The zero-order valence-electron chi connectivity index (χ0n) is 49.0. The number of rotatable bonds is 7. The molecule has 3 aliphatic rings. The third-order valence-electron chi connectivity index (χ3n) is 13.1. The van der Waals surface area contributed by atoms with Crippen molar-refractivity contribution in [2.24, 2.45) is 28.1 Å². The first-order chi connectivity index (χ1) is 33.4. The van der Waals surface area contributed by atoms with Gasteiger partial charge in [-0.05, 0) is 138 Å². The Kier molecular flexibility index (Phi) is 26.1. The fourth-order valence-electron chi connectivity index (χ4n) is 8.57. The van der Waals surface area contributed by atoms with Crippen LogP contribution in [0.2, 0.25) is 0 Å². The molecule has 2 saturated heterocycles. The highest BCUT2D eigenvalue weighted by atomic mass is 16.2. The van der Waals surface area contributed by atoms with Gasteiger partial charge in [0.25, 0.3) is 0 Å². The highest BCUT2D eigenvalue weighted by Crippen LogP contribution is 2.39. The van der Waals surface area contributed by atoms with Crippen molar-refractivity contribution in [3.05, 3.63) is 126 Å². The van der Waals surface area contributed by atoms with Crippen molar-refractivity contribution in [3.63, 3.8) is 0 Å². The Morgan fingerprint density at radius 2 is 1.16 bits per heavy atom. The number of pyridine rings is 1. The number of amides is 2. The molecular weight excluding hydrogens is 895 g/mol. The van der Waals surface area contributed by atoms with Crippen molar-refractivity contribution in [3.8, 4) is 0 Å². The van der Waals surface area contributed by atoms with Crippen LogP contribution in [-0.4, -0.2) is 68.5 Å². The van der Waals surface area contributed by atoms with Gasteiger partial charge in [-0.1, -0.05) is 187 Å². The number of piperidine rings is 1. The topological polar surface area (TPSA) is 90.0 Å². The van der Waals surface area contributed by atoms with Gasteiger partial charge in [0, 0.05) is 73.5 Å². The van der Waals surface area contributed by atoms with Gasteiger partial charge >= 0.3 is 6.03 Å². The summed E-state index contributed by atoms with van der Waals surface area (Å²) in [6.45, 7) is 46.5. The van der Waals surface area contributed by atoms with Crippen LogP contribution in [0.3, 0.4) is 0 Å². The normalized spacial score (nSPS) is 15.5. The van der Waals surface area contributed by atoms with Gasteiger partial charge in [-0.15, -0.1) is 0 Å². The average Bonchev–Trinajstić information content (AvgIpc) is 3.77. The molecule has 73 heavy (non-hydrogen) atoms. The van der Waals surface area contributed by atoms with Crippen LogP contribution in [-0.2, 0) is 22.8 Å². The first-order valence-electron chi connectivity index (χ1n) is 27.4. The zero-order valence-corrected chi connectivity index (χ0v) is 49.0. The van der Waals surface area contributed by atoms with E-state index in [2.05, 4.69) is 222 Å². The molecule has 5 aromatic rings. The number of aromatic nitrogens is 4. The lowest BCUT2D eigenvalue weighted by Crippen LogP contribution is -2.33. The second kappa shape index (κ2) is 29.5. The van der Waals surface area contributed by atoms with E-state index in [1.807, 2.05) is 29.6 Å². The molecule has 0 spiro atoms. The second-order valence-corrected chi connectivity index (χ2v) is 27.3. The van der Waals surface area contributed by atoms with Crippen LogP contribution in [0.5, 0.6) is 0 Å². The van der Waals surface area contributed by atoms with Crippen molar-refractivity contribution >= 4 is 16.9 Å². The molecule has 1 aliphatic carbocycles. The number of hydrogen-bond donors (Lipinski definition) is 2. The minimum absolute atomic E-state index is 0. The van der Waals surface area contributed by atoms with Crippen LogP contribution in [0.25, 0.3) is 10.9 Å². The Morgan fingerprint density at radius 3 is 1.60 bits per heavy atom. The minimum atomic E-state index is 0. The highest BCUT2D eigenvalue weighted by Gasteiger charge is 2.27. The maximum absolute atomic E-state index is 11.1. The second-order valence-electron chi connectivity index (χ2n) is 27.3. The van der Waals surface area contributed by atoms with Gasteiger partial charge in [0.05, 0.1) is 0 Å². The smallest absolute Gasteiger partial charge is 0.317 e. The molecule has 0 bridgehead atoms. The molecule has 2 aromatic carbocycles. The zero-order chi connectivity index (χ0) is 53.8. The van der Waals surface area contributed by atoms with Crippen LogP contribution in [0.4, 0.5) is 4.79 Å². The molecule has 0 atom stereocenters. The number of urea groups is 1. The Hall–Kier alpha value is -4.56. The maximum atomic E-state index is 11.1. The SMILES string of the molecule is C.CC(C)(C)CC1CC1.CC(C)(C)CCC1CCN(Cc2ccccc2)CC1.CC(C)(C)CCN1CCNC1=O.CC(C)(C)c1cccc2[nH]ccc12.CC(C)(C)c1ccncc1.CC(C)(C)c1ncccn1. The number of likely N-dealkylation sites (tertiary alicyclic amines) is 1. The van der Waals surface area contributed by atoms with Crippen molar-refractivity contribution < 1.29 is 4.79 Å². The molecule has 8 heteroatoms. The number of nitrogens with one attached hydrogen (secondary N) is 2. The van der Waals surface area contributed by atoms with Crippen LogP contribution in [0.15, 0.2) is 104 Å². The molecule has 3 aromatic heterocycles. The summed E-state index contributed by atoms with van der Waals surface area (Å²) in [6, 6.07) is 25.5. The van der Waals surface area contributed by atoms with Crippen LogP contribution < -0.4 is 5.32 Å². The van der Waals surface area contributed by atoms with Gasteiger partial charge in [0.15, 0.2) is 0 Å². The summed E-state index contributed by atoms with van der Waals surface area (Å²) in [5, 5.41) is 4.14. The predicted molar refractivity (Wildman–Crippen MR) is 316 cm³/mol. The summed E-state index contributed by atoms with van der Waals surface area (Å²) in [5.74, 6) is 2.95. The lowest BCUT2D eigenvalue weighted by Gasteiger charge is -2.33. The number of H-pyrrole nitrogens is 1. The third-order valence-corrected chi connectivity index (χ3v) is 13.1. The van der Waals surface area contributed by atoms with Crippen molar-refractivity contribution in [2.75, 3.05) is 32.7 Å². The van der Waals surface area contributed by atoms with E-state index in [1.54, 1.807) is 12.4 Å². The molecule has 8 rings (SSSR count). The largest absolute Gasteiger partial charge is 0.361 e. The lowest BCUT2D eigenvalue weighted by atomic mass is 9.83. The molecule has 2 amide bonds. The Bertz CT molecular complexity index is 2170. The standard InChI is InChI=1S/C18H29N.C12H15N.C9H18N2O.C9H13N.C8H12N2.C8H16.CH4/c1-18(2,3)12-9-16-10-13-19(14-11-16)15-17-7-5-4-6-8-17;1-12(2,3)10-5-4-6-11-9(10)7-8-13-11;1-9(2,3)4-6-11-7-5-10-8(11)12;1-9(2,3)8-4-6-10-7-5-8;1-8(2,3)7-9-5-4-6-10-7;1-8(2,3)6-7-4-5-7;/h4-8,16H,9-15H2,1-3H3;4-8,13H,1-3H3;4-7H2,1-3H3,(H,10,12);4-7H,1-3H3;4-6H,1-3H3;7H,4-6H2,1-3H3;1H4. The van der Waals surface area contributed by atoms with Crippen molar-refractivity contribution in [1.29, 1.82) is 0 Å². The van der Waals surface area contributed by atoms with E-state index in [9.17, 15) is 4.79 Å². The predicted octanol–water partition coefficient (Wildman–Crippen LogP) is 17.3. The van der Waals surface area contributed by atoms with E-state index >= 15 is 0 Å². The molecule has 408 valence electrons.